The molecule has 10 heavy (non-hydrogen) atoms. The minimum absolute atomic E-state index is 0.250. The molecular weight excluding hydrogens is 119 g/mol. The third-order valence-electron chi connectivity index (χ3n) is 2.29. The molecule has 0 aromatic rings. The third-order valence-corrected chi connectivity index (χ3v) is 2.29. The molecule has 0 amide bonds. The largest absolute Gasteiger partial charge is 0.0742 e. The van der Waals surface area contributed by atoms with Crippen LogP contribution in [0.25, 0.3) is 0 Å². The first-order valence-electron chi connectivity index (χ1n) is 4.20. The monoisotopic (exact) mass is 136 g/mol. The molecule has 2 fully saturated rings. The summed E-state index contributed by atoms with van der Waals surface area (Å²) in [5.41, 5.74) is 0.750. The summed E-state index contributed by atoms with van der Waals surface area (Å²) in [6.45, 7) is 6.67. The van der Waals surface area contributed by atoms with Crippen molar-refractivity contribution in [2.75, 3.05) is 0 Å². The van der Waals surface area contributed by atoms with E-state index in [1.807, 2.05) is 0 Å². The van der Waals surface area contributed by atoms with E-state index in [-0.39, 0.29) is 5.31 Å². The lowest BCUT2D eigenvalue weighted by molar-refractivity contribution is 0.653. The minimum Gasteiger partial charge on any atom is -0.0688 e. The average molecular weight is 136 g/mol. The molecule has 0 aliphatic heterocycles. The van der Waals surface area contributed by atoms with Crippen LogP contribution in [-0.4, -0.2) is 7.85 Å². The van der Waals surface area contributed by atoms with E-state index in [4.69, 9.17) is 7.85 Å². The Morgan fingerprint density at radius 1 is 0.900 bits per heavy atom. The molecule has 2 aliphatic rings. The second-order valence-corrected chi connectivity index (χ2v) is 4.82. The molecule has 0 aromatic carbocycles. The summed E-state index contributed by atoms with van der Waals surface area (Å²) in [5.74, 6) is 0. The smallest absolute Gasteiger partial charge is 0.0688 e. The van der Waals surface area contributed by atoms with Gasteiger partial charge in [-0.1, -0.05) is 38.9 Å². The lowest BCUT2D eigenvalue weighted by atomic mass is 9.86. The summed E-state index contributed by atoms with van der Waals surface area (Å²) in [6.07, 6.45) is 5.36. The van der Waals surface area contributed by atoms with Gasteiger partial charge in [0.2, 0.25) is 0 Å². The van der Waals surface area contributed by atoms with Gasteiger partial charge in [0.05, 0.1) is 7.85 Å². The van der Waals surface area contributed by atoms with Crippen molar-refractivity contribution < 1.29 is 0 Å². The van der Waals surface area contributed by atoms with Gasteiger partial charge in [0.1, 0.15) is 0 Å². The predicted octanol–water partition coefficient (Wildman–Crippen LogP) is 2.93. The van der Waals surface area contributed by atoms with Crippen molar-refractivity contribution in [2.45, 2.75) is 51.8 Å². The molecule has 2 radical (unpaired) electrons. The van der Waals surface area contributed by atoms with Crippen molar-refractivity contribution in [3.63, 3.8) is 0 Å². The van der Waals surface area contributed by atoms with E-state index in [0.29, 0.717) is 0 Å². The number of rotatable bonds is 0. The zero-order valence-corrected chi connectivity index (χ0v) is 7.41. The SMILES string of the molecule is CC1(C)CC1.[B]C1(C)CC1. The van der Waals surface area contributed by atoms with Gasteiger partial charge in [-0.3, -0.25) is 0 Å². The lowest BCUT2D eigenvalue weighted by Crippen LogP contribution is -1.75. The minimum atomic E-state index is 0.250. The molecule has 1 heteroatoms. The molecule has 2 aliphatic carbocycles. The molecule has 0 bridgehead atoms. The highest BCUT2D eigenvalue weighted by molar-refractivity contribution is 6.16. The van der Waals surface area contributed by atoms with Crippen LogP contribution in [0.3, 0.4) is 0 Å². The molecule has 2 rings (SSSR count). The molecule has 0 heterocycles. The third kappa shape index (κ3) is 3.97. The Morgan fingerprint density at radius 3 is 1.10 bits per heavy atom. The topological polar surface area (TPSA) is 0 Å². The zero-order valence-electron chi connectivity index (χ0n) is 7.41. The molecule has 0 nitrogen and oxygen atoms in total. The van der Waals surface area contributed by atoms with E-state index >= 15 is 0 Å². The van der Waals surface area contributed by atoms with Crippen LogP contribution in [0.2, 0.25) is 5.31 Å². The van der Waals surface area contributed by atoms with E-state index in [2.05, 4.69) is 20.8 Å². The highest BCUT2D eigenvalue weighted by Gasteiger charge is 2.30. The molecule has 0 aromatic heterocycles. The van der Waals surface area contributed by atoms with E-state index in [1.54, 1.807) is 0 Å². The summed E-state index contributed by atoms with van der Waals surface area (Å²) in [6, 6.07) is 0. The Labute approximate surface area is 65.8 Å². The molecule has 2 saturated carbocycles. The van der Waals surface area contributed by atoms with Crippen molar-refractivity contribution in [1.82, 2.24) is 0 Å². The van der Waals surface area contributed by atoms with Crippen LogP contribution in [-0.2, 0) is 0 Å². The molecule has 0 N–H and O–H groups in total. The van der Waals surface area contributed by atoms with Crippen molar-refractivity contribution in [3.8, 4) is 0 Å². The van der Waals surface area contributed by atoms with Gasteiger partial charge in [0.25, 0.3) is 0 Å². The van der Waals surface area contributed by atoms with Crippen molar-refractivity contribution in [2.24, 2.45) is 5.41 Å². The highest BCUT2D eigenvalue weighted by Crippen LogP contribution is 2.49. The predicted molar refractivity (Wildman–Crippen MR) is 46.4 cm³/mol. The van der Waals surface area contributed by atoms with E-state index in [9.17, 15) is 0 Å². The molecule has 0 spiro atoms. The van der Waals surface area contributed by atoms with Gasteiger partial charge < -0.3 is 0 Å². The fourth-order valence-electron chi connectivity index (χ4n) is 0.447. The highest BCUT2D eigenvalue weighted by atomic mass is 14.4. The Hall–Kier alpha value is 0.0649. The Bertz CT molecular complexity index is 96.7. The van der Waals surface area contributed by atoms with Gasteiger partial charge in [0, 0.05) is 0 Å². The van der Waals surface area contributed by atoms with Crippen LogP contribution < -0.4 is 0 Å². The second-order valence-electron chi connectivity index (χ2n) is 4.82. The Kier molecular flexibility index (Phi) is 1.87. The van der Waals surface area contributed by atoms with Crippen LogP contribution in [0.1, 0.15) is 46.5 Å². The summed E-state index contributed by atoms with van der Waals surface area (Å²) < 4.78 is 0. The van der Waals surface area contributed by atoms with Gasteiger partial charge >= 0.3 is 0 Å². The van der Waals surface area contributed by atoms with Crippen molar-refractivity contribution in [1.29, 1.82) is 0 Å². The Balaban J connectivity index is 0.0000001000. The summed E-state index contributed by atoms with van der Waals surface area (Å²) in [4.78, 5) is 0. The Morgan fingerprint density at radius 2 is 1.10 bits per heavy atom. The zero-order chi connectivity index (χ0) is 7.83. The summed E-state index contributed by atoms with van der Waals surface area (Å²) >= 11 is 0. The van der Waals surface area contributed by atoms with Crippen LogP contribution in [0, 0.1) is 5.41 Å². The van der Waals surface area contributed by atoms with Crippen molar-refractivity contribution in [3.05, 3.63) is 0 Å². The molecule has 0 atom stereocenters. The summed E-state index contributed by atoms with van der Waals surface area (Å²) in [7, 11) is 5.47. The second kappa shape index (κ2) is 2.28. The average Bonchev–Trinajstić information content (AvgIpc) is 2.56. The molecule has 0 saturated heterocycles. The van der Waals surface area contributed by atoms with E-state index in [1.165, 1.54) is 25.7 Å². The van der Waals surface area contributed by atoms with Crippen molar-refractivity contribution >= 4 is 7.85 Å². The first kappa shape index (κ1) is 8.16. The normalized spacial score (nSPS) is 29.9. The molecule has 0 unspecified atom stereocenters. The van der Waals surface area contributed by atoms with E-state index < -0.39 is 0 Å². The standard InChI is InChI=1S/C5H10.C4H7B/c1-5(2)3-4-5;1-4(5)2-3-4/h3-4H2,1-2H3;2-3H2,1H3. The van der Waals surface area contributed by atoms with Crippen LogP contribution in [0.5, 0.6) is 0 Å². The quantitative estimate of drug-likeness (QED) is 0.449. The van der Waals surface area contributed by atoms with Gasteiger partial charge in [-0.25, -0.2) is 0 Å². The van der Waals surface area contributed by atoms with Gasteiger partial charge in [-0.05, 0) is 18.3 Å². The van der Waals surface area contributed by atoms with Gasteiger partial charge in [-0.15, -0.1) is 0 Å². The van der Waals surface area contributed by atoms with Gasteiger partial charge in [0.15, 0.2) is 0 Å². The molecular formula is C9H17B. The number of hydrogen-bond donors (Lipinski definition) is 0. The summed E-state index contributed by atoms with van der Waals surface area (Å²) in [5, 5.41) is 0.250. The maximum atomic E-state index is 5.47. The fraction of sp³-hybridized carbons (Fsp3) is 1.00. The molecule has 56 valence electrons. The lowest BCUT2D eigenvalue weighted by Gasteiger charge is -1.86. The fourth-order valence-corrected chi connectivity index (χ4v) is 0.447. The first-order chi connectivity index (χ1) is 4.41. The van der Waals surface area contributed by atoms with Crippen LogP contribution in [0.15, 0.2) is 0 Å². The van der Waals surface area contributed by atoms with Crippen LogP contribution in [0.4, 0.5) is 0 Å². The maximum Gasteiger partial charge on any atom is 0.0742 e. The first-order valence-corrected chi connectivity index (χ1v) is 4.20. The van der Waals surface area contributed by atoms with Crippen LogP contribution >= 0.6 is 0 Å². The van der Waals surface area contributed by atoms with Gasteiger partial charge in [-0.2, -0.15) is 0 Å². The maximum absolute atomic E-state index is 5.47. The number of hydrogen-bond acceptors (Lipinski definition) is 0. The van der Waals surface area contributed by atoms with E-state index in [0.717, 1.165) is 5.41 Å².